The van der Waals surface area contributed by atoms with Crippen LogP contribution in [0.1, 0.15) is 47.0 Å². The number of rotatable bonds is 5. The highest BCUT2D eigenvalue weighted by Gasteiger charge is 2.29. The van der Waals surface area contributed by atoms with Crippen molar-refractivity contribution in [3.63, 3.8) is 0 Å². The Bertz CT molecular complexity index is 488. The van der Waals surface area contributed by atoms with Gasteiger partial charge in [-0.2, -0.15) is 0 Å². The first kappa shape index (κ1) is 20.0. The molecule has 1 saturated heterocycles. The van der Waals surface area contributed by atoms with Crippen LogP contribution >= 0.6 is 0 Å². The smallest absolute Gasteiger partial charge is 0.408 e. The van der Waals surface area contributed by atoms with Gasteiger partial charge in [0.1, 0.15) is 11.6 Å². The van der Waals surface area contributed by atoms with Crippen LogP contribution in [0.5, 0.6) is 0 Å². The molecule has 2 amide bonds. The fourth-order valence-corrected chi connectivity index (χ4v) is 2.64. The van der Waals surface area contributed by atoms with E-state index in [-0.39, 0.29) is 11.8 Å². The van der Waals surface area contributed by atoms with Gasteiger partial charge in [-0.15, -0.1) is 0 Å². The summed E-state index contributed by atoms with van der Waals surface area (Å²) in [4.78, 5) is 36.7. The van der Waals surface area contributed by atoms with E-state index in [1.165, 1.54) is 6.08 Å². The summed E-state index contributed by atoms with van der Waals surface area (Å²) in [5.41, 5.74) is -0.675. The number of carbonyl (C=O) groups is 3. The molecule has 0 bridgehead atoms. The third-order valence-electron chi connectivity index (χ3n) is 3.79. The number of ether oxygens (including phenoxy) is 1. The average Bonchev–Trinajstić information content (AvgIpc) is 2.45. The lowest BCUT2D eigenvalue weighted by molar-refractivity contribution is -0.140. The second-order valence-corrected chi connectivity index (χ2v) is 7.04. The number of likely N-dealkylation sites (tertiary alicyclic amines) is 1. The number of amides is 2. The summed E-state index contributed by atoms with van der Waals surface area (Å²) in [7, 11) is 0. The van der Waals surface area contributed by atoms with E-state index in [9.17, 15) is 19.5 Å². The summed E-state index contributed by atoms with van der Waals surface area (Å²) < 4.78 is 5.11. The van der Waals surface area contributed by atoms with E-state index in [4.69, 9.17) is 4.74 Å². The standard InChI is InChI=1S/C17H28N2O5/c1-5-6-14(20)19-9-7-12(8-10-19)11-13(15(21)22)18-16(23)24-17(2,3)4/h5-6,12-13H,7-11H2,1-4H3,(H,18,23)(H,21,22)/b6-5+. The molecular weight excluding hydrogens is 312 g/mol. The first-order valence-corrected chi connectivity index (χ1v) is 8.26. The Morgan fingerprint density at radius 2 is 1.88 bits per heavy atom. The van der Waals surface area contributed by atoms with Gasteiger partial charge < -0.3 is 20.1 Å². The largest absolute Gasteiger partial charge is 0.480 e. The quantitative estimate of drug-likeness (QED) is 0.748. The van der Waals surface area contributed by atoms with Crippen molar-refractivity contribution in [1.29, 1.82) is 0 Å². The Labute approximate surface area is 143 Å². The summed E-state index contributed by atoms with van der Waals surface area (Å²) >= 11 is 0. The van der Waals surface area contributed by atoms with Gasteiger partial charge in [0, 0.05) is 13.1 Å². The number of alkyl carbamates (subject to hydrolysis) is 1. The van der Waals surface area contributed by atoms with Crippen molar-refractivity contribution in [1.82, 2.24) is 10.2 Å². The molecule has 1 aliphatic heterocycles. The van der Waals surface area contributed by atoms with Gasteiger partial charge in [-0.1, -0.05) is 6.08 Å². The van der Waals surface area contributed by atoms with Crippen LogP contribution in [-0.4, -0.2) is 52.7 Å². The van der Waals surface area contributed by atoms with Crippen LogP contribution in [0.15, 0.2) is 12.2 Å². The molecule has 1 heterocycles. The molecule has 0 radical (unpaired) electrons. The maximum atomic E-state index is 11.8. The molecule has 1 unspecified atom stereocenters. The zero-order valence-corrected chi connectivity index (χ0v) is 14.9. The molecule has 1 atom stereocenters. The average molecular weight is 340 g/mol. The zero-order valence-electron chi connectivity index (χ0n) is 14.9. The van der Waals surface area contributed by atoms with E-state index < -0.39 is 23.7 Å². The van der Waals surface area contributed by atoms with E-state index in [2.05, 4.69) is 5.32 Å². The summed E-state index contributed by atoms with van der Waals surface area (Å²) in [6.45, 7) is 8.17. The zero-order chi connectivity index (χ0) is 18.3. The fourth-order valence-electron chi connectivity index (χ4n) is 2.64. The SMILES string of the molecule is C/C=C/C(=O)N1CCC(CC(NC(=O)OC(C)(C)C)C(=O)O)CC1. The predicted molar refractivity (Wildman–Crippen MR) is 89.5 cm³/mol. The number of nitrogens with one attached hydrogen (secondary N) is 1. The number of carboxylic acid groups (broad SMARTS) is 1. The van der Waals surface area contributed by atoms with E-state index >= 15 is 0 Å². The topological polar surface area (TPSA) is 95.9 Å². The van der Waals surface area contributed by atoms with E-state index in [0.29, 0.717) is 19.5 Å². The first-order chi connectivity index (χ1) is 11.1. The summed E-state index contributed by atoms with van der Waals surface area (Å²) in [5.74, 6) is -0.943. The molecule has 0 saturated carbocycles. The van der Waals surface area contributed by atoms with E-state index in [1.807, 2.05) is 0 Å². The number of carbonyl (C=O) groups excluding carboxylic acids is 2. The minimum Gasteiger partial charge on any atom is -0.480 e. The van der Waals surface area contributed by atoms with Crippen LogP contribution in [0.4, 0.5) is 4.79 Å². The van der Waals surface area contributed by atoms with Crippen LogP contribution in [0, 0.1) is 5.92 Å². The second-order valence-electron chi connectivity index (χ2n) is 7.04. The van der Waals surface area contributed by atoms with E-state index in [0.717, 1.165) is 12.8 Å². The molecular formula is C17H28N2O5. The van der Waals surface area contributed by atoms with Crippen molar-refractivity contribution in [2.75, 3.05) is 13.1 Å². The molecule has 0 spiro atoms. The Kier molecular flexibility index (Phi) is 7.25. The Morgan fingerprint density at radius 1 is 1.29 bits per heavy atom. The molecule has 2 N–H and O–H groups in total. The molecule has 0 aliphatic carbocycles. The lowest BCUT2D eigenvalue weighted by Crippen LogP contribution is -2.46. The number of aliphatic carboxylic acids is 1. The van der Waals surface area contributed by atoms with Crippen molar-refractivity contribution < 1.29 is 24.2 Å². The van der Waals surface area contributed by atoms with Crippen LogP contribution in [0.3, 0.4) is 0 Å². The van der Waals surface area contributed by atoms with Gasteiger partial charge in [0.05, 0.1) is 0 Å². The molecule has 0 aromatic carbocycles. The van der Waals surface area contributed by atoms with Crippen molar-refractivity contribution >= 4 is 18.0 Å². The van der Waals surface area contributed by atoms with Gasteiger partial charge in [-0.3, -0.25) is 4.79 Å². The highest BCUT2D eigenvalue weighted by molar-refractivity contribution is 5.87. The maximum absolute atomic E-state index is 11.8. The van der Waals surface area contributed by atoms with Gasteiger partial charge in [0.15, 0.2) is 0 Å². The molecule has 24 heavy (non-hydrogen) atoms. The maximum Gasteiger partial charge on any atom is 0.408 e. The van der Waals surface area contributed by atoms with Crippen molar-refractivity contribution in [3.8, 4) is 0 Å². The van der Waals surface area contributed by atoms with Crippen molar-refractivity contribution in [3.05, 3.63) is 12.2 Å². The molecule has 7 heteroatoms. The van der Waals surface area contributed by atoms with Crippen molar-refractivity contribution in [2.45, 2.75) is 58.6 Å². The molecule has 136 valence electrons. The minimum absolute atomic E-state index is 0.0161. The van der Waals surface area contributed by atoms with Crippen molar-refractivity contribution in [2.24, 2.45) is 5.92 Å². The van der Waals surface area contributed by atoms with Gasteiger partial charge in [0.25, 0.3) is 0 Å². The van der Waals surface area contributed by atoms with E-state index in [1.54, 1.807) is 38.7 Å². The monoisotopic (exact) mass is 340 g/mol. The van der Waals surface area contributed by atoms with Gasteiger partial charge >= 0.3 is 12.1 Å². The second kappa shape index (κ2) is 8.70. The summed E-state index contributed by atoms with van der Waals surface area (Å²) in [6, 6.07) is -0.984. The summed E-state index contributed by atoms with van der Waals surface area (Å²) in [6.07, 6.45) is 4.30. The van der Waals surface area contributed by atoms with Gasteiger partial charge in [-0.25, -0.2) is 9.59 Å². The number of hydrogen-bond donors (Lipinski definition) is 2. The number of allylic oxidation sites excluding steroid dienone is 1. The van der Waals surface area contributed by atoms with Crippen LogP contribution in [0.2, 0.25) is 0 Å². The number of piperidine rings is 1. The number of nitrogens with zero attached hydrogens (tertiary/aromatic N) is 1. The number of hydrogen-bond acceptors (Lipinski definition) is 4. The molecule has 1 aliphatic rings. The van der Waals surface area contributed by atoms with Crippen LogP contribution in [0.25, 0.3) is 0 Å². The fraction of sp³-hybridized carbons (Fsp3) is 0.706. The molecule has 7 nitrogen and oxygen atoms in total. The van der Waals surface area contributed by atoms with Crippen LogP contribution in [-0.2, 0) is 14.3 Å². The lowest BCUT2D eigenvalue weighted by Gasteiger charge is -2.32. The Balaban J connectivity index is 2.51. The van der Waals surface area contributed by atoms with Gasteiger partial charge in [-0.05, 0) is 59.0 Å². The molecule has 1 fully saturated rings. The van der Waals surface area contributed by atoms with Gasteiger partial charge in [0.2, 0.25) is 5.91 Å². The lowest BCUT2D eigenvalue weighted by atomic mass is 9.90. The summed E-state index contributed by atoms with van der Waals surface area (Å²) in [5, 5.41) is 11.7. The highest BCUT2D eigenvalue weighted by Crippen LogP contribution is 2.22. The third-order valence-corrected chi connectivity index (χ3v) is 3.79. The van der Waals surface area contributed by atoms with Crippen LogP contribution < -0.4 is 5.32 Å². The molecule has 1 rings (SSSR count). The normalized spacial score (nSPS) is 17.6. The molecule has 0 aromatic rings. The Hall–Kier alpha value is -2.05. The highest BCUT2D eigenvalue weighted by atomic mass is 16.6. The minimum atomic E-state index is -1.08. The molecule has 0 aromatic heterocycles. The predicted octanol–water partition coefficient (Wildman–Crippen LogP) is 2.17. The Morgan fingerprint density at radius 3 is 2.33 bits per heavy atom. The first-order valence-electron chi connectivity index (χ1n) is 8.26. The number of carboxylic acids is 1. The third kappa shape index (κ3) is 7.02.